The number of rotatable bonds is 5. The Labute approximate surface area is 156 Å². The van der Waals surface area contributed by atoms with Crippen LogP contribution in [-0.2, 0) is 9.53 Å². The highest BCUT2D eigenvalue weighted by molar-refractivity contribution is 6.33. The molecule has 1 fully saturated rings. The van der Waals surface area contributed by atoms with E-state index in [4.69, 9.17) is 16.3 Å². The number of benzene rings is 1. The highest BCUT2D eigenvalue weighted by atomic mass is 35.5. The van der Waals surface area contributed by atoms with Gasteiger partial charge in [0.1, 0.15) is 5.69 Å². The summed E-state index contributed by atoms with van der Waals surface area (Å²) >= 11 is 6.24. The van der Waals surface area contributed by atoms with Crippen LogP contribution in [-0.4, -0.2) is 59.5 Å². The third kappa shape index (κ3) is 4.53. The number of nitrogens with zero attached hydrogens (tertiary/aromatic N) is 3. The molecule has 1 aliphatic heterocycles. The van der Waals surface area contributed by atoms with E-state index >= 15 is 0 Å². The normalized spacial score (nSPS) is 14.1. The first-order valence-electron chi connectivity index (χ1n) is 8.34. The van der Waals surface area contributed by atoms with E-state index in [1.807, 2.05) is 0 Å². The number of carbonyl (C=O) groups is 2. The fourth-order valence-electron chi connectivity index (χ4n) is 2.67. The van der Waals surface area contributed by atoms with Gasteiger partial charge in [0.2, 0.25) is 5.91 Å². The molecule has 0 saturated carbocycles. The van der Waals surface area contributed by atoms with Gasteiger partial charge in [-0.1, -0.05) is 17.7 Å². The van der Waals surface area contributed by atoms with E-state index in [-0.39, 0.29) is 18.9 Å². The second-order valence-corrected chi connectivity index (χ2v) is 6.12. The molecule has 1 aromatic heterocycles. The lowest BCUT2D eigenvalue weighted by Crippen LogP contribution is -2.42. The maximum absolute atomic E-state index is 12.2. The van der Waals surface area contributed by atoms with Crippen LogP contribution in [0.4, 0.5) is 10.5 Å². The summed E-state index contributed by atoms with van der Waals surface area (Å²) in [7, 11) is 0. The molecule has 0 spiro atoms. The molecule has 26 heavy (non-hydrogen) atoms. The first-order chi connectivity index (χ1) is 12.6. The molecule has 2 heterocycles. The molecule has 1 aromatic carbocycles. The summed E-state index contributed by atoms with van der Waals surface area (Å²) in [5, 5.41) is 10.1. The fourth-order valence-corrected chi connectivity index (χ4v) is 2.93. The second-order valence-electron chi connectivity index (χ2n) is 5.71. The van der Waals surface area contributed by atoms with Gasteiger partial charge in [0.05, 0.1) is 23.9 Å². The van der Waals surface area contributed by atoms with Crippen molar-refractivity contribution in [3.05, 3.63) is 41.7 Å². The maximum Gasteiger partial charge on any atom is 0.319 e. The van der Waals surface area contributed by atoms with Gasteiger partial charge in [-0.15, -0.1) is 0 Å². The first-order valence-corrected chi connectivity index (χ1v) is 8.72. The monoisotopic (exact) mass is 377 g/mol. The molecule has 2 N–H and O–H groups in total. The van der Waals surface area contributed by atoms with Crippen molar-refractivity contribution >= 4 is 29.2 Å². The number of nitrogens with one attached hydrogen (secondary N) is 2. The molecular weight excluding hydrogens is 358 g/mol. The van der Waals surface area contributed by atoms with Gasteiger partial charge in [-0.2, -0.15) is 5.10 Å². The van der Waals surface area contributed by atoms with Crippen molar-refractivity contribution in [1.29, 1.82) is 0 Å². The molecule has 1 aliphatic rings. The van der Waals surface area contributed by atoms with E-state index in [9.17, 15) is 9.59 Å². The number of hydrogen-bond donors (Lipinski definition) is 2. The Morgan fingerprint density at radius 1 is 1.23 bits per heavy atom. The van der Waals surface area contributed by atoms with Crippen molar-refractivity contribution in [2.24, 2.45) is 0 Å². The van der Waals surface area contributed by atoms with E-state index < -0.39 is 6.03 Å². The van der Waals surface area contributed by atoms with E-state index in [1.54, 1.807) is 46.2 Å². The van der Waals surface area contributed by atoms with E-state index in [1.165, 1.54) is 0 Å². The van der Waals surface area contributed by atoms with E-state index in [2.05, 4.69) is 15.7 Å². The lowest BCUT2D eigenvalue weighted by Gasteiger charge is -2.26. The number of anilines is 1. The molecule has 0 atom stereocenters. The molecular formula is C17H20ClN5O3. The second kappa shape index (κ2) is 8.68. The number of para-hydroxylation sites is 1. The van der Waals surface area contributed by atoms with E-state index in [0.717, 1.165) is 0 Å². The molecule has 3 rings (SSSR count). The number of aromatic nitrogens is 2. The Morgan fingerprint density at radius 3 is 2.77 bits per heavy atom. The smallest absolute Gasteiger partial charge is 0.319 e. The summed E-state index contributed by atoms with van der Waals surface area (Å²) in [6.07, 6.45) is 3.62. The summed E-state index contributed by atoms with van der Waals surface area (Å²) in [5.74, 6) is 0.00795. The summed E-state index contributed by atoms with van der Waals surface area (Å²) in [6, 6.07) is 6.57. The number of morpholine rings is 1. The summed E-state index contributed by atoms with van der Waals surface area (Å²) in [6.45, 7) is 2.57. The van der Waals surface area contributed by atoms with Crippen LogP contribution in [0.3, 0.4) is 0 Å². The van der Waals surface area contributed by atoms with Gasteiger partial charge in [0.15, 0.2) is 0 Å². The van der Waals surface area contributed by atoms with E-state index in [0.29, 0.717) is 42.7 Å². The minimum atomic E-state index is -0.407. The third-order valence-electron chi connectivity index (χ3n) is 3.96. The highest BCUT2D eigenvalue weighted by Crippen LogP contribution is 2.27. The van der Waals surface area contributed by atoms with Gasteiger partial charge in [-0.05, 0) is 18.2 Å². The predicted molar refractivity (Wildman–Crippen MR) is 97.6 cm³/mol. The van der Waals surface area contributed by atoms with Crippen molar-refractivity contribution in [2.75, 3.05) is 38.2 Å². The fraction of sp³-hybridized carbons (Fsp3) is 0.353. The van der Waals surface area contributed by atoms with Crippen molar-refractivity contribution in [2.45, 2.75) is 6.42 Å². The van der Waals surface area contributed by atoms with Crippen molar-refractivity contribution in [3.8, 4) is 5.69 Å². The molecule has 0 aliphatic carbocycles. The molecule has 1 saturated heterocycles. The topological polar surface area (TPSA) is 88.5 Å². The molecule has 2 aromatic rings. The third-order valence-corrected chi connectivity index (χ3v) is 4.26. The van der Waals surface area contributed by atoms with Crippen LogP contribution < -0.4 is 10.6 Å². The minimum absolute atomic E-state index is 0.00795. The number of carbonyl (C=O) groups excluding carboxylic acids is 2. The Bertz CT molecular complexity index is 760. The van der Waals surface area contributed by atoms with Gasteiger partial charge in [-0.3, -0.25) is 4.79 Å². The largest absolute Gasteiger partial charge is 0.378 e. The van der Waals surface area contributed by atoms with Gasteiger partial charge < -0.3 is 20.3 Å². The molecule has 0 bridgehead atoms. The predicted octanol–water partition coefficient (Wildman–Crippen LogP) is 1.90. The number of amides is 3. The number of hydrogen-bond acceptors (Lipinski definition) is 4. The molecule has 0 unspecified atom stereocenters. The van der Waals surface area contributed by atoms with Crippen molar-refractivity contribution < 1.29 is 14.3 Å². The average Bonchev–Trinajstić information content (AvgIpc) is 3.16. The van der Waals surface area contributed by atoms with Crippen LogP contribution in [0.2, 0.25) is 5.02 Å². The quantitative estimate of drug-likeness (QED) is 0.832. The standard InChI is InChI=1S/C17H20ClN5O3/c18-13-3-1-4-14(16(13)23-8-2-6-20-23)21-17(25)19-7-5-15(24)22-9-11-26-12-10-22/h1-4,6,8H,5,7,9-12H2,(H2,19,21,25). The summed E-state index contributed by atoms with van der Waals surface area (Å²) in [4.78, 5) is 26.0. The lowest BCUT2D eigenvalue weighted by atomic mass is 10.2. The number of halogens is 1. The molecule has 138 valence electrons. The van der Waals surface area contributed by atoms with Gasteiger partial charge in [0, 0.05) is 38.4 Å². The molecule has 3 amide bonds. The molecule has 9 heteroatoms. The molecule has 0 radical (unpaired) electrons. The van der Waals surface area contributed by atoms with Crippen molar-refractivity contribution in [3.63, 3.8) is 0 Å². The van der Waals surface area contributed by atoms with Crippen LogP contribution >= 0.6 is 11.6 Å². The Balaban J connectivity index is 1.54. The SMILES string of the molecule is O=C(NCCC(=O)N1CCOCC1)Nc1cccc(Cl)c1-n1cccn1. The minimum Gasteiger partial charge on any atom is -0.378 e. The maximum atomic E-state index is 12.2. The Morgan fingerprint density at radius 2 is 2.04 bits per heavy atom. The van der Waals surface area contributed by atoms with Crippen LogP contribution in [0.1, 0.15) is 6.42 Å². The van der Waals surface area contributed by atoms with Crippen LogP contribution in [0, 0.1) is 0 Å². The average molecular weight is 378 g/mol. The Kier molecular flexibility index (Phi) is 6.08. The number of urea groups is 1. The highest BCUT2D eigenvalue weighted by Gasteiger charge is 2.17. The first kappa shape index (κ1) is 18.2. The van der Waals surface area contributed by atoms with Crippen LogP contribution in [0.25, 0.3) is 5.69 Å². The van der Waals surface area contributed by atoms with Gasteiger partial charge in [-0.25, -0.2) is 9.48 Å². The van der Waals surface area contributed by atoms with Gasteiger partial charge >= 0.3 is 6.03 Å². The summed E-state index contributed by atoms with van der Waals surface area (Å²) in [5.41, 5.74) is 1.11. The Hall–Kier alpha value is -2.58. The summed E-state index contributed by atoms with van der Waals surface area (Å²) < 4.78 is 6.80. The zero-order valence-electron chi connectivity index (χ0n) is 14.2. The number of ether oxygens (including phenoxy) is 1. The van der Waals surface area contributed by atoms with Crippen LogP contribution in [0.5, 0.6) is 0 Å². The zero-order chi connectivity index (χ0) is 18.4. The van der Waals surface area contributed by atoms with Crippen LogP contribution in [0.15, 0.2) is 36.7 Å². The van der Waals surface area contributed by atoms with Gasteiger partial charge in [0.25, 0.3) is 0 Å². The molecule has 8 nitrogen and oxygen atoms in total. The lowest BCUT2D eigenvalue weighted by molar-refractivity contribution is -0.135. The van der Waals surface area contributed by atoms with Crippen molar-refractivity contribution in [1.82, 2.24) is 20.0 Å². The zero-order valence-corrected chi connectivity index (χ0v) is 14.9.